The van der Waals surface area contributed by atoms with Crippen molar-refractivity contribution in [2.24, 2.45) is 0 Å². The summed E-state index contributed by atoms with van der Waals surface area (Å²) in [5.74, 6) is -1.69. The first-order chi connectivity index (χ1) is 16.2. The number of aromatic nitrogens is 2. The Hall–Kier alpha value is -2.95. The molecule has 0 aliphatic carbocycles. The van der Waals surface area contributed by atoms with E-state index in [-0.39, 0.29) is 16.6 Å². The van der Waals surface area contributed by atoms with Crippen LogP contribution in [0.25, 0.3) is 10.8 Å². The van der Waals surface area contributed by atoms with Crippen molar-refractivity contribution >= 4 is 35.5 Å². The van der Waals surface area contributed by atoms with Crippen LogP contribution in [0.1, 0.15) is 38.1 Å². The zero-order chi connectivity index (χ0) is 26.2. The fourth-order valence-electron chi connectivity index (χ4n) is 4.68. The van der Waals surface area contributed by atoms with Gasteiger partial charge in [-0.25, -0.2) is 14.8 Å². The van der Waals surface area contributed by atoms with Gasteiger partial charge in [0.25, 0.3) is 6.10 Å². The molecule has 11 heteroatoms. The molecule has 0 bridgehead atoms. The predicted octanol–water partition coefficient (Wildman–Crippen LogP) is 5.66. The second-order valence-corrected chi connectivity index (χ2v) is 13.9. The first-order valence-electron chi connectivity index (χ1n) is 10.9. The Morgan fingerprint density at radius 2 is 1.31 bits per heavy atom. The monoisotopic (exact) mass is 514 g/mol. The lowest BCUT2D eigenvalue weighted by molar-refractivity contribution is -0.307. The number of nitrogens with zero attached hydrogens (tertiary/aromatic N) is 2. The molecule has 0 N–H and O–H groups in total. The summed E-state index contributed by atoms with van der Waals surface area (Å²) in [6, 6.07) is 11.3. The summed E-state index contributed by atoms with van der Waals surface area (Å²) >= 11 is 0. The largest absolute Gasteiger partial charge is 0.439 e. The van der Waals surface area contributed by atoms with Crippen molar-refractivity contribution in [3.63, 3.8) is 0 Å². The molecule has 0 amide bonds. The number of carbonyl (C=O) groups excluding carboxylic acids is 1. The Kier molecular flexibility index (Phi) is 7.31. The minimum Gasteiger partial charge on any atom is -0.439 e. The maximum absolute atomic E-state index is 13.2. The third kappa shape index (κ3) is 5.05. The molecular weight excluding hydrogens is 490 g/mol. The van der Waals surface area contributed by atoms with Crippen LogP contribution in [0.5, 0.6) is 0 Å². The number of hydrogen-bond acceptors (Lipinski definition) is 4. The highest BCUT2D eigenvalue weighted by molar-refractivity contribution is 7.03. The number of benzene rings is 2. The Balaban J connectivity index is 2.34. The molecule has 1 aromatic heterocycles. The number of ether oxygens (including phenoxy) is 1. The highest BCUT2D eigenvalue weighted by atomic mass is 28.3. The molecule has 1 heterocycles. The van der Waals surface area contributed by atoms with Crippen LogP contribution in [-0.4, -0.2) is 42.5 Å². The van der Waals surface area contributed by atoms with Crippen molar-refractivity contribution in [1.82, 2.24) is 9.97 Å². The van der Waals surface area contributed by atoms with E-state index in [1.54, 1.807) is 36.4 Å². The van der Waals surface area contributed by atoms with E-state index in [1.165, 1.54) is 18.5 Å². The van der Waals surface area contributed by atoms with Gasteiger partial charge in [0.1, 0.15) is 5.45 Å². The fourth-order valence-corrected chi connectivity index (χ4v) is 10.1. The second-order valence-electron chi connectivity index (χ2n) is 8.86. The predicted molar refractivity (Wildman–Crippen MR) is 123 cm³/mol. The van der Waals surface area contributed by atoms with Crippen molar-refractivity contribution < 1.29 is 35.9 Å². The number of halogens is 6. The highest BCUT2D eigenvalue weighted by Gasteiger charge is 2.60. The molecule has 2 aromatic carbocycles. The Bertz CT molecular complexity index is 1170. The van der Waals surface area contributed by atoms with Gasteiger partial charge in [-0.15, -0.1) is 0 Å². The first-order valence-corrected chi connectivity index (χ1v) is 13.0. The van der Waals surface area contributed by atoms with Crippen LogP contribution in [-0.2, 0) is 4.74 Å². The van der Waals surface area contributed by atoms with Gasteiger partial charge in [-0.05, 0) is 39.2 Å². The van der Waals surface area contributed by atoms with Gasteiger partial charge >= 0.3 is 18.3 Å². The van der Waals surface area contributed by atoms with Crippen molar-refractivity contribution in [1.29, 1.82) is 0 Å². The fraction of sp³-hybridized carbons (Fsp3) is 0.375. The summed E-state index contributed by atoms with van der Waals surface area (Å²) in [4.78, 5) is 22.0. The zero-order valence-corrected chi connectivity index (χ0v) is 20.4. The maximum atomic E-state index is 13.2. The Labute approximate surface area is 199 Å². The smallest absolute Gasteiger partial charge is 0.434 e. The highest BCUT2D eigenvalue weighted by Crippen LogP contribution is 2.37. The molecule has 0 fully saturated rings. The summed E-state index contributed by atoms with van der Waals surface area (Å²) in [6.07, 6.45) is -12.8. The molecule has 0 spiro atoms. The van der Waals surface area contributed by atoms with Gasteiger partial charge in [0, 0.05) is 12.4 Å². The van der Waals surface area contributed by atoms with Gasteiger partial charge in [-0.1, -0.05) is 58.0 Å². The van der Waals surface area contributed by atoms with E-state index in [9.17, 15) is 31.1 Å². The topological polar surface area (TPSA) is 52.1 Å². The molecular formula is C24H24F6N2O2Si. The number of fused-ring (bicyclic) bond motifs is 1. The van der Waals surface area contributed by atoms with Gasteiger partial charge in [0.2, 0.25) is 0 Å². The number of esters is 1. The van der Waals surface area contributed by atoms with E-state index in [0.717, 1.165) is 0 Å². The van der Waals surface area contributed by atoms with E-state index >= 15 is 0 Å². The Morgan fingerprint density at radius 3 is 1.77 bits per heavy atom. The normalized spacial score (nSPS) is 13.2. The lowest BCUT2D eigenvalue weighted by Crippen LogP contribution is -2.66. The van der Waals surface area contributed by atoms with Gasteiger partial charge in [0.15, 0.2) is 8.07 Å². The lowest BCUT2D eigenvalue weighted by atomic mass is 10.1. The number of rotatable bonds is 6. The molecule has 0 aliphatic rings. The van der Waals surface area contributed by atoms with Crippen LogP contribution >= 0.6 is 0 Å². The van der Waals surface area contributed by atoms with Gasteiger partial charge in [0.05, 0.1) is 5.56 Å². The molecule has 35 heavy (non-hydrogen) atoms. The van der Waals surface area contributed by atoms with E-state index in [0.29, 0.717) is 21.4 Å². The van der Waals surface area contributed by atoms with Crippen molar-refractivity contribution in [3.8, 4) is 0 Å². The van der Waals surface area contributed by atoms with Crippen molar-refractivity contribution in [2.75, 3.05) is 0 Å². The second kappa shape index (κ2) is 9.60. The van der Waals surface area contributed by atoms with Crippen LogP contribution < -0.4 is 10.6 Å². The van der Waals surface area contributed by atoms with Crippen molar-refractivity contribution in [2.45, 2.75) is 57.2 Å². The lowest BCUT2D eigenvalue weighted by Gasteiger charge is -2.39. The number of hydrogen-bond donors (Lipinski definition) is 0. The van der Waals surface area contributed by atoms with Gasteiger partial charge < -0.3 is 4.74 Å². The maximum Gasteiger partial charge on any atom is 0.434 e. The van der Waals surface area contributed by atoms with E-state index < -0.39 is 32.5 Å². The standard InChI is InChI=1S/C24H24F6N2O2Si/c1-14(2)35(15(3)4,22-31-10-7-11-32-22)19-13-17-9-6-5-8-16(17)12-18(19)20(33)34-21(23(25,26)27)24(28,29)30/h5-15,21H,1-4H3. The SMILES string of the molecule is CC(C)[Si](c1ncccn1)(c1cc2ccccc2cc1C(=O)OC(C(F)(F)F)C(F)(F)F)C(C)C. The van der Waals surface area contributed by atoms with Gasteiger partial charge in [-0.3, -0.25) is 0 Å². The third-order valence-corrected chi connectivity index (χ3v) is 12.1. The molecule has 0 unspecified atom stereocenters. The number of carbonyl (C=O) groups is 1. The van der Waals surface area contributed by atoms with Gasteiger partial charge in [-0.2, -0.15) is 26.3 Å². The third-order valence-electron chi connectivity index (χ3n) is 6.13. The molecule has 0 atom stereocenters. The van der Waals surface area contributed by atoms with E-state index in [2.05, 4.69) is 14.7 Å². The molecule has 188 valence electrons. The van der Waals surface area contributed by atoms with E-state index in [1.807, 2.05) is 27.7 Å². The summed E-state index contributed by atoms with van der Waals surface area (Å²) in [6.45, 7) is 7.56. The summed E-state index contributed by atoms with van der Waals surface area (Å²) in [5, 5.41) is 1.49. The zero-order valence-electron chi connectivity index (χ0n) is 19.4. The molecule has 0 saturated heterocycles. The van der Waals surface area contributed by atoms with E-state index in [4.69, 9.17) is 0 Å². The Morgan fingerprint density at radius 1 is 0.829 bits per heavy atom. The summed E-state index contributed by atoms with van der Waals surface area (Å²) < 4.78 is 83.3. The average molecular weight is 515 g/mol. The van der Waals surface area contributed by atoms with Crippen LogP contribution in [0, 0.1) is 0 Å². The van der Waals surface area contributed by atoms with Crippen LogP contribution in [0.2, 0.25) is 11.1 Å². The molecule has 3 aromatic rings. The van der Waals surface area contributed by atoms with Crippen LogP contribution in [0.4, 0.5) is 26.3 Å². The quantitative estimate of drug-likeness (QED) is 0.242. The number of alkyl halides is 6. The average Bonchev–Trinajstić information content (AvgIpc) is 2.76. The molecule has 0 saturated carbocycles. The minimum absolute atomic E-state index is 0.168. The molecule has 0 radical (unpaired) electrons. The molecule has 4 nitrogen and oxygen atoms in total. The van der Waals surface area contributed by atoms with Crippen LogP contribution in [0.3, 0.4) is 0 Å². The van der Waals surface area contributed by atoms with Crippen molar-refractivity contribution in [3.05, 3.63) is 60.4 Å². The summed E-state index contributed by atoms with van der Waals surface area (Å²) in [7, 11) is -3.16. The molecule has 0 aliphatic heterocycles. The summed E-state index contributed by atoms with van der Waals surface area (Å²) in [5.41, 5.74) is -0.251. The molecule has 3 rings (SSSR count). The van der Waals surface area contributed by atoms with Crippen LogP contribution in [0.15, 0.2) is 54.9 Å². The minimum atomic E-state index is -5.82. The first kappa shape index (κ1) is 26.6.